The Bertz CT molecular complexity index is 1010. The molecule has 2 heterocycles. The minimum atomic E-state index is -2.60. The van der Waals surface area contributed by atoms with Crippen LogP contribution in [0.5, 0.6) is 0 Å². The monoisotopic (exact) mass is 526 g/mol. The molecular formula is C19H18Cl4N2O7. The first-order valence-corrected chi connectivity index (χ1v) is 10.8. The fourth-order valence-electron chi connectivity index (χ4n) is 3.72. The standard InChI is InChI=1S/C19H18Cl4N2O7/c1-7-19(16(28)29,24(5-6-31-7)17(30)32-18(2,3)4)25-14(26)8-9(15(25)27)11(21)13(23)12(22)10(8)20/h7H,5-6H2,1-4H3,(H,28,29)/t7-,19-/m0/s1. The molecule has 0 unspecified atom stereocenters. The van der Waals surface area contributed by atoms with Gasteiger partial charge in [-0.15, -0.1) is 0 Å². The number of fused-ring (bicyclic) bond motifs is 1. The molecule has 0 spiro atoms. The number of hydrogen-bond donors (Lipinski definition) is 1. The fraction of sp³-hybridized carbons (Fsp3) is 0.474. The van der Waals surface area contributed by atoms with Gasteiger partial charge >= 0.3 is 12.1 Å². The van der Waals surface area contributed by atoms with Crippen molar-refractivity contribution in [1.82, 2.24) is 9.80 Å². The Labute approximate surface area is 203 Å². The second-order valence-electron chi connectivity index (χ2n) is 8.13. The number of rotatable bonds is 2. The van der Waals surface area contributed by atoms with Crippen molar-refractivity contribution in [2.75, 3.05) is 13.2 Å². The Morgan fingerprint density at radius 3 is 1.91 bits per heavy atom. The van der Waals surface area contributed by atoms with Gasteiger partial charge in [-0.2, -0.15) is 0 Å². The van der Waals surface area contributed by atoms with Gasteiger partial charge in [-0.05, 0) is 27.7 Å². The Morgan fingerprint density at radius 2 is 1.50 bits per heavy atom. The van der Waals surface area contributed by atoms with Crippen LogP contribution in [0.3, 0.4) is 0 Å². The molecule has 2 aliphatic heterocycles. The van der Waals surface area contributed by atoms with Crippen molar-refractivity contribution < 1.29 is 33.8 Å². The number of benzene rings is 1. The summed E-state index contributed by atoms with van der Waals surface area (Å²) >= 11 is 24.4. The van der Waals surface area contributed by atoms with E-state index < -0.39 is 52.4 Å². The number of amides is 3. The number of aliphatic carboxylic acids is 1. The first-order valence-electron chi connectivity index (χ1n) is 9.28. The zero-order chi connectivity index (χ0) is 24.3. The highest BCUT2D eigenvalue weighted by Crippen LogP contribution is 2.47. The van der Waals surface area contributed by atoms with E-state index in [1.54, 1.807) is 20.8 Å². The summed E-state index contributed by atoms with van der Waals surface area (Å²) in [7, 11) is 0. The van der Waals surface area contributed by atoms with E-state index in [4.69, 9.17) is 55.9 Å². The molecule has 13 heteroatoms. The molecule has 3 amide bonds. The van der Waals surface area contributed by atoms with E-state index in [1.807, 2.05) is 0 Å². The number of nitrogens with zero attached hydrogens (tertiary/aromatic N) is 2. The molecule has 0 aromatic heterocycles. The lowest BCUT2D eigenvalue weighted by molar-refractivity contribution is -0.193. The van der Waals surface area contributed by atoms with Gasteiger partial charge in [0.1, 0.15) is 11.7 Å². The smallest absolute Gasteiger partial charge is 0.412 e. The summed E-state index contributed by atoms with van der Waals surface area (Å²) in [5, 5.41) is 9.01. The van der Waals surface area contributed by atoms with Crippen molar-refractivity contribution in [2.24, 2.45) is 0 Å². The number of carbonyl (C=O) groups excluding carboxylic acids is 3. The minimum Gasteiger partial charge on any atom is -0.478 e. The van der Waals surface area contributed by atoms with E-state index in [0.29, 0.717) is 4.90 Å². The number of carboxylic acids is 1. The molecule has 0 saturated carbocycles. The van der Waals surface area contributed by atoms with Gasteiger partial charge in [-0.3, -0.25) is 14.5 Å². The number of carbonyl (C=O) groups is 4. The van der Waals surface area contributed by atoms with Crippen LogP contribution in [-0.2, 0) is 14.3 Å². The Kier molecular flexibility index (Phi) is 6.38. The van der Waals surface area contributed by atoms with Gasteiger partial charge in [0.05, 0.1) is 44.4 Å². The van der Waals surface area contributed by atoms with Crippen LogP contribution in [-0.4, -0.2) is 69.3 Å². The predicted octanol–water partition coefficient (Wildman–Crippen LogP) is 4.33. The zero-order valence-electron chi connectivity index (χ0n) is 17.3. The maximum Gasteiger partial charge on any atom is 0.412 e. The molecule has 1 fully saturated rings. The largest absolute Gasteiger partial charge is 0.478 e. The lowest BCUT2D eigenvalue weighted by Crippen LogP contribution is -2.76. The summed E-state index contributed by atoms with van der Waals surface area (Å²) in [4.78, 5) is 53.7. The summed E-state index contributed by atoms with van der Waals surface area (Å²) < 4.78 is 10.8. The van der Waals surface area contributed by atoms with Gasteiger partial charge in [0.15, 0.2) is 0 Å². The van der Waals surface area contributed by atoms with E-state index in [9.17, 15) is 24.3 Å². The molecule has 0 aliphatic carbocycles. The van der Waals surface area contributed by atoms with Gasteiger partial charge in [-0.1, -0.05) is 46.4 Å². The minimum absolute atomic E-state index is 0.0578. The third kappa shape index (κ3) is 3.51. The molecule has 2 aliphatic rings. The van der Waals surface area contributed by atoms with E-state index >= 15 is 0 Å². The van der Waals surface area contributed by atoms with Crippen molar-refractivity contribution in [1.29, 1.82) is 0 Å². The first-order chi connectivity index (χ1) is 14.7. The van der Waals surface area contributed by atoms with Crippen LogP contribution in [0.4, 0.5) is 4.79 Å². The van der Waals surface area contributed by atoms with Crippen molar-refractivity contribution in [3.63, 3.8) is 0 Å². The van der Waals surface area contributed by atoms with Crippen LogP contribution >= 0.6 is 46.4 Å². The molecule has 9 nitrogen and oxygen atoms in total. The summed E-state index contributed by atoms with van der Waals surface area (Å²) in [5.74, 6) is -3.94. The topological polar surface area (TPSA) is 113 Å². The summed E-state index contributed by atoms with van der Waals surface area (Å²) in [5.41, 5.74) is -4.42. The number of morpholine rings is 1. The average molecular weight is 528 g/mol. The van der Waals surface area contributed by atoms with E-state index in [1.165, 1.54) is 6.92 Å². The maximum absolute atomic E-state index is 13.4. The van der Waals surface area contributed by atoms with Crippen LogP contribution in [0, 0.1) is 0 Å². The predicted molar refractivity (Wildman–Crippen MR) is 116 cm³/mol. The normalized spacial score (nSPS) is 23.4. The molecule has 1 aromatic rings. The van der Waals surface area contributed by atoms with Gasteiger partial charge in [0.2, 0.25) is 0 Å². The lowest BCUT2D eigenvalue weighted by Gasteiger charge is -2.50. The van der Waals surface area contributed by atoms with Crippen LogP contribution in [0.2, 0.25) is 20.1 Å². The molecule has 174 valence electrons. The Balaban J connectivity index is 2.27. The number of hydrogen-bond acceptors (Lipinski definition) is 6. The van der Waals surface area contributed by atoms with Crippen LogP contribution in [0.1, 0.15) is 48.4 Å². The van der Waals surface area contributed by atoms with Crippen LogP contribution in [0.15, 0.2) is 0 Å². The molecule has 0 radical (unpaired) electrons. The average Bonchev–Trinajstić information content (AvgIpc) is 2.94. The summed E-state index contributed by atoms with van der Waals surface area (Å²) in [6.07, 6.45) is -2.40. The van der Waals surface area contributed by atoms with Gasteiger partial charge in [0, 0.05) is 0 Å². The highest BCUT2D eigenvalue weighted by atomic mass is 35.5. The van der Waals surface area contributed by atoms with E-state index in [-0.39, 0.29) is 33.2 Å². The second kappa shape index (κ2) is 8.22. The molecule has 3 rings (SSSR count). The molecule has 1 saturated heterocycles. The van der Waals surface area contributed by atoms with Crippen LogP contribution < -0.4 is 0 Å². The van der Waals surface area contributed by atoms with E-state index in [2.05, 4.69) is 0 Å². The maximum atomic E-state index is 13.4. The highest BCUT2D eigenvalue weighted by Gasteiger charge is 2.65. The van der Waals surface area contributed by atoms with Crippen molar-refractivity contribution >= 4 is 70.3 Å². The van der Waals surface area contributed by atoms with E-state index in [0.717, 1.165) is 4.90 Å². The summed E-state index contributed by atoms with van der Waals surface area (Å²) in [6.45, 7) is 5.74. The third-order valence-electron chi connectivity index (χ3n) is 5.03. The van der Waals surface area contributed by atoms with Crippen molar-refractivity contribution in [2.45, 2.75) is 45.1 Å². The molecule has 32 heavy (non-hydrogen) atoms. The fourth-order valence-corrected chi connectivity index (χ4v) is 4.73. The molecular weight excluding hydrogens is 510 g/mol. The summed E-state index contributed by atoms with van der Waals surface area (Å²) in [6, 6.07) is 0. The Morgan fingerprint density at radius 1 is 1.03 bits per heavy atom. The SMILES string of the molecule is C[C@@H]1OCCN(C(=O)OC(C)(C)C)[C@]1(C(=O)O)N1C(=O)c2c(Cl)c(Cl)c(Cl)c(Cl)c2C1=O. The van der Waals surface area contributed by atoms with Gasteiger partial charge in [0.25, 0.3) is 17.5 Å². The quantitative estimate of drug-likeness (QED) is 0.346. The van der Waals surface area contributed by atoms with Crippen molar-refractivity contribution in [3.05, 3.63) is 31.2 Å². The van der Waals surface area contributed by atoms with Gasteiger partial charge in [-0.25, -0.2) is 14.5 Å². The Hall–Kier alpha value is -1.78. The number of carboxylic acid groups (broad SMARTS) is 1. The molecule has 1 N–H and O–H groups in total. The number of halogens is 4. The molecule has 2 atom stereocenters. The number of imide groups is 1. The van der Waals surface area contributed by atoms with Crippen molar-refractivity contribution in [3.8, 4) is 0 Å². The van der Waals surface area contributed by atoms with Gasteiger partial charge < -0.3 is 14.6 Å². The second-order valence-corrected chi connectivity index (χ2v) is 9.64. The number of ether oxygens (including phenoxy) is 2. The first kappa shape index (κ1) is 24.9. The lowest BCUT2D eigenvalue weighted by atomic mass is 9.97. The molecule has 1 aromatic carbocycles. The molecule has 0 bridgehead atoms. The highest BCUT2D eigenvalue weighted by molar-refractivity contribution is 6.55. The third-order valence-corrected chi connectivity index (χ3v) is 6.83. The van der Waals surface area contributed by atoms with Crippen LogP contribution in [0.25, 0.3) is 0 Å². The zero-order valence-corrected chi connectivity index (χ0v) is 20.3.